The summed E-state index contributed by atoms with van der Waals surface area (Å²) in [5.41, 5.74) is 0. The zero-order valence-corrected chi connectivity index (χ0v) is 12.1. The van der Waals surface area contributed by atoms with Crippen molar-refractivity contribution in [3.63, 3.8) is 0 Å². The van der Waals surface area contributed by atoms with Gasteiger partial charge in [0.05, 0.1) is 0 Å². The van der Waals surface area contributed by atoms with Gasteiger partial charge in [-0.25, -0.2) is 0 Å². The molecule has 0 heteroatoms. The fourth-order valence-electron chi connectivity index (χ4n) is 5.95. The Hall–Kier alpha value is -1.04. The van der Waals surface area contributed by atoms with Crippen molar-refractivity contribution in [1.82, 2.24) is 0 Å². The Morgan fingerprint density at radius 2 is 0.950 bits per heavy atom. The minimum Gasteiger partial charge on any atom is -0.0879 e. The first-order chi connectivity index (χ1) is 9.90. The monoisotopic (exact) mass is 264 g/mol. The van der Waals surface area contributed by atoms with Gasteiger partial charge in [0.25, 0.3) is 0 Å². The highest BCUT2D eigenvalue weighted by atomic mass is 14.5. The third-order valence-corrected chi connectivity index (χ3v) is 6.91. The van der Waals surface area contributed by atoms with Crippen molar-refractivity contribution < 1.29 is 0 Å². The van der Waals surface area contributed by atoms with Crippen LogP contribution in [0.2, 0.25) is 0 Å². The summed E-state index contributed by atoms with van der Waals surface area (Å²) >= 11 is 0. The molecular weight excluding hydrogens is 240 g/mol. The molecule has 104 valence electrons. The highest BCUT2D eigenvalue weighted by Gasteiger charge is 2.44. The minimum absolute atomic E-state index is 0.925. The Morgan fingerprint density at radius 3 is 1.40 bits per heavy atom. The van der Waals surface area contributed by atoms with Gasteiger partial charge in [-0.15, -0.1) is 0 Å². The lowest BCUT2D eigenvalue weighted by Crippen LogP contribution is -2.12. The van der Waals surface area contributed by atoms with Gasteiger partial charge in [0.15, 0.2) is 0 Å². The third kappa shape index (κ3) is 1.54. The Labute approximate surface area is 122 Å². The Kier molecular flexibility index (Phi) is 2.45. The second-order valence-electron chi connectivity index (χ2n) is 7.71. The fourth-order valence-corrected chi connectivity index (χ4v) is 5.95. The summed E-state index contributed by atoms with van der Waals surface area (Å²) in [5, 5.41) is 0. The molecule has 0 unspecified atom stereocenters. The van der Waals surface area contributed by atoms with Crippen molar-refractivity contribution in [2.75, 3.05) is 0 Å². The average Bonchev–Trinajstić information content (AvgIpc) is 3.28. The molecule has 0 saturated heterocycles. The molecule has 0 nitrogen and oxygen atoms in total. The lowest BCUT2D eigenvalue weighted by molar-refractivity contribution is 0.398. The van der Waals surface area contributed by atoms with Crippen molar-refractivity contribution in [1.29, 1.82) is 0 Å². The van der Waals surface area contributed by atoms with E-state index in [2.05, 4.69) is 48.6 Å². The smallest absolute Gasteiger partial charge is 0.0133 e. The Bertz CT molecular complexity index is 472. The first kappa shape index (κ1) is 11.6. The van der Waals surface area contributed by atoms with E-state index in [0.717, 1.165) is 47.3 Å². The molecule has 6 rings (SSSR count). The van der Waals surface area contributed by atoms with Crippen LogP contribution in [0.3, 0.4) is 0 Å². The van der Waals surface area contributed by atoms with Gasteiger partial charge in [0, 0.05) is 0 Å². The Morgan fingerprint density at radius 1 is 0.500 bits per heavy atom. The maximum absolute atomic E-state index is 2.44. The van der Waals surface area contributed by atoms with Gasteiger partial charge in [0.2, 0.25) is 0 Å². The van der Waals surface area contributed by atoms with Crippen molar-refractivity contribution in [3.05, 3.63) is 48.6 Å². The molecule has 6 aliphatic rings. The van der Waals surface area contributed by atoms with Gasteiger partial charge in [-0.1, -0.05) is 48.6 Å². The predicted molar refractivity (Wildman–Crippen MR) is 82.9 cm³/mol. The molecule has 0 N–H and O–H groups in total. The topological polar surface area (TPSA) is 0 Å². The first-order valence-electron chi connectivity index (χ1n) is 8.60. The number of rotatable bonds is 0. The molecule has 0 aliphatic heterocycles. The third-order valence-electron chi connectivity index (χ3n) is 6.91. The molecule has 6 aliphatic carbocycles. The number of hydrogen-bond acceptors (Lipinski definition) is 0. The largest absolute Gasteiger partial charge is 0.0879 e. The number of fused-ring (bicyclic) bond motifs is 10. The molecule has 0 aromatic rings. The molecule has 20 heavy (non-hydrogen) atoms. The van der Waals surface area contributed by atoms with Crippen LogP contribution in [0.15, 0.2) is 48.6 Å². The summed E-state index contributed by atoms with van der Waals surface area (Å²) in [6, 6.07) is 0. The van der Waals surface area contributed by atoms with E-state index in [1.165, 1.54) is 25.7 Å². The average molecular weight is 264 g/mol. The molecule has 2 fully saturated rings. The Balaban J connectivity index is 0.0000000960. The van der Waals surface area contributed by atoms with Crippen LogP contribution < -0.4 is 0 Å². The molecule has 0 spiro atoms. The molecular formula is C20H24. The van der Waals surface area contributed by atoms with Crippen molar-refractivity contribution in [3.8, 4) is 0 Å². The van der Waals surface area contributed by atoms with Crippen LogP contribution in [0.5, 0.6) is 0 Å². The number of allylic oxidation sites excluding steroid dienone is 8. The quantitative estimate of drug-likeness (QED) is 0.553. The van der Waals surface area contributed by atoms with E-state index in [4.69, 9.17) is 0 Å². The summed E-state index contributed by atoms with van der Waals surface area (Å²) in [4.78, 5) is 0. The molecule has 0 heterocycles. The van der Waals surface area contributed by atoms with Crippen LogP contribution in [0, 0.1) is 47.3 Å². The van der Waals surface area contributed by atoms with Gasteiger partial charge in [-0.3, -0.25) is 0 Å². The summed E-state index contributed by atoms with van der Waals surface area (Å²) in [7, 11) is 0. The van der Waals surface area contributed by atoms with E-state index in [1.807, 2.05) is 0 Å². The van der Waals surface area contributed by atoms with Crippen molar-refractivity contribution in [2.45, 2.75) is 25.7 Å². The zero-order chi connectivity index (χ0) is 13.1. The second kappa shape index (κ2) is 4.23. The standard InChI is InChI=1S/2C10H12/c2*1-2-9-7-4-5-8(6-7)10(9)3-1/h2*1-2,4-5,7-10H,3,6H2/t2*7-,8+,9-,10+/m10/s1. The first-order valence-corrected chi connectivity index (χ1v) is 8.60. The van der Waals surface area contributed by atoms with Gasteiger partial charge in [0.1, 0.15) is 0 Å². The molecule has 0 amide bonds. The highest BCUT2D eigenvalue weighted by Crippen LogP contribution is 2.53. The summed E-state index contributed by atoms with van der Waals surface area (Å²) in [5.74, 6) is 7.65. The van der Waals surface area contributed by atoms with E-state index in [9.17, 15) is 0 Å². The van der Waals surface area contributed by atoms with Crippen LogP contribution in [-0.4, -0.2) is 0 Å². The summed E-state index contributed by atoms with van der Waals surface area (Å²) < 4.78 is 0. The fraction of sp³-hybridized carbons (Fsp3) is 0.600. The molecule has 0 aromatic carbocycles. The SMILES string of the molecule is C1=C[C@@H]2[C@H](C1)[C@@H]1C=C[C@H]2C1.C1=C[C@H]2[C@@H](C1)[C@H]1C=C[C@@H]2C1. The molecule has 8 atom stereocenters. The maximum atomic E-state index is 2.44. The highest BCUT2D eigenvalue weighted by molar-refractivity contribution is 5.22. The lowest BCUT2D eigenvalue weighted by Gasteiger charge is -2.18. The van der Waals surface area contributed by atoms with E-state index >= 15 is 0 Å². The second-order valence-corrected chi connectivity index (χ2v) is 7.71. The zero-order valence-electron chi connectivity index (χ0n) is 12.1. The van der Waals surface area contributed by atoms with Crippen LogP contribution in [0.4, 0.5) is 0 Å². The minimum atomic E-state index is 0.925. The van der Waals surface area contributed by atoms with Crippen LogP contribution in [0.25, 0.3) is 0 Å². The predicted octanol–water partition coefficient (Wildman–Crippen LogP) is 4.77. The van der Waals surface area contributed by atoms with Gasteiger partial charge < -0.3 is 0 Å². The summed E-state index contributed by atoms with van der Waals surface area (Å²) in [6.45, 7) is 0. The number of hydrogen-bond donors (Lipinski definition) is 0. The van der Waals surface area contributed by atoms with Gasteiger partial charge in [-0.05, 0) is 73.0 Å². The van der Waals surface area contributed by atoms with Crippen LogP contribution in [-0.2, 0) is 0 Å². The molecule has 0 aromatic heterocycles. The van der Waals surface area contributed by atoms with E-state index < -0.39 is 0 Å². The molecule has 0 radical (unpaired) electrons. The van der Waals surface area contributed by atoms with Gasteiger partial charge in [-0.2, -0.15) is 0 Å². The van der Waals surface area contributed by atoms with Gasteiger partial charge >= 0.3 is 0 Å². The normalized spacial score (nSPS) is 54.4. The lowest BCUT2D eigenvalue weighted by atomic mass is 9.86. The summed E-state index contributed by atoms with van der Waals surface area (Å²) in [6.07, 6.45) is 25.0. The maximum Gasteiger partial charge on any atom is -0.0133 e. The molecule has 2 saturated carbocycles. The van der Waals surface area contributed by atoms with Crippen LogP contribution in [0.1, 0.15) is 25.7 Å². The van der Waals surface area contributed by atoms with E-state index in [1.54, 1.807) is 0 Å². The van der Waals surface area contributed by atoms with Crippen molar-refractivity contribution >= 4 is 0 Å². The van der Waals surface area contributed by atoms with Crippen LogP contribution >= 0.6 is 0 Å². The van der Waals surface area contributed by atoms with E-state index in [-0.39, 0.29) is 0 Å². The van der Waals surface area contributed by atoms with E-state index in [0.29, 0.717) is 0 Å². The van der Waals surface area contributed by atoms with Crippen molar-refractivity contribution in [2.24, 2.45) is 47.3 Å². The molecule has 4 bridgehead atoms.